The Morgan fingerprint density at radius 3 is 2.42 bits per heavy atom. The second kappa shape index (κ2) is 9.37. The quantitative estimate of drug-likeness (QED) is 0.758. The van der Waals surface area contributed by atoms with Crippen LogP contribution in [0.3, 0.4) is 0 Å². The molecule has 0 bridgehead atoms. The SMILES string of the molecule is CC(C)c1cccc(O[C@H](C)C(=O)NC[C@H](c2cccnc2)C(C)C)c1. The van der Waals surface area contributed by atoms with Crippen molar-refractivity contribution in [3.05, 3.63) is 59.9 Å². The predicted molar refractivity (Wildman–Crippen MR) is 105 cm³/mol. The Morgan fingerprint density at radius 1 is 1.08 bits per heavy atom. The zero-order valence-electron chi connectivity index (χ0n) is 16.4. The number of hydrogen-bond donors (Lipinski definition) is 1. The molecule has 4 nitrogen and oxygen atoms in total. The molecule has 1 N–H and O–H groups in total. The number of carbonyl (C=O) groups excluding carboxylic acids is 1. The zero-order chi connectivity index (χ0) is 19.1. The van der Waals surface area contributed by atoms with Crippen molar-refractivity contribution >= 4 is 5.91 Å². The van der Waals surface area contributed by atoms with Gasteiger partial charge in [0.2, 0.25) is 0 Å². The topological polar surface area (TPSA) is 51.2 Å². The highest BCUT2D eigenvalue weighted by Crippen LogP contribution is 2.23. The maximum atomic E-state index is 12.5. The van der Waals surface area contributed by atoms with E-state index in [1.807, 2.05) is 30.5 Å². The first-order chi connectivity index (χ1) is 12.4. The number of amides is 1. The lowest BCUT2D eigenvalue weighted by Crippen LogP contribution is -2.39. The van der Waals surface area contributed by atoms with Crippen molar-refractivity contribution in [2.75, 3.05) is 6.54 Å². The molecule has 2 atom stereocenters. The van der Waals surface area contributed by atoms with Crippen molar-refractivity contribution in [1.29, 1.82) is 0 Å². The molecule has 4 heteroatoms. The van der Waals surface area contributed by atoms with Crippen LogP contribution < -0.4 is 10.1 Å². The Bertz CT molecular complexity index is 698. The Labute approximate surface area is 157 Å². The van der Waals surface area contributed by atoms with Crippen LogP contribution in [0.5, 0.6) is 5.75 Å². The van der Waals surface area contributed by atoms with E-state index >= 15 is 0 Å². The largest absolute Gasteiger partial charge is 0.481 e. The van der Waals surface area contributed by atoms with Crippen molar-refractivity contribution in [1.82, 2.24) is 10.3 Å². The molecule has 0 unspecified atom stereocenters. The van der Waals surface area contributed by atoms with Crippen LogP contribution >= 0.6 is 0 Å². The number of nitrogens with zero attached hydrogens (tertiary/aromatic N) is 1. The van der Waals surface area contributed by atoms with Crippen LogP contribution in [0.4, 0.5) is 0 Å². The van der Waals surface area contributed by atoms with Gasteiger partial charge in [-0.05, 0) is 48.1 Å². The summed E-state index contributed by atoms with van der Waals surface area (Å²) in [5, 5.41) is 3.03. The molecule has 1 heterocycles. The molecule has 26 heavy (non-hydrogen) atoms. The fraction of sp³-hybridized carbons (Fsp3) is 0.455. The second-order valence-electron chi connectivity index (χ2n) is 7.37. The molecule has 140 valence electrons. The van der Waals surface area contributed by atoms with Crippen LogP contribution in [-0.4, -0.2) is 23.5 Å². The molecule has 1 amide bonds. The summed E-state index contributed by atoms with van der Waals surface area (Å²) < 4.78 is 5.84. The highest BCUT2D eigenvalue weighted by atomic mass is 16.5. The van der Waals surface area contributed by atoms with E-state index in [1.54, 1.807) is 13.1 Å². The molecule has 0 saturated carbocycles. The molecule has 2 rings (SSSR count). The highest BCUT2D eigenvalue weighted by Gasteiger charge is 2.20. The maximum Gasteiger partial charge on any atom is 0.260 e. The van der Waals surface area contributed by atoms with Gasteiger partial charge in [-0.2, -0.15) is 0 Å². The summed E-state index contributed by atoms with van der Waals surface area (Å²) >= 11 is 0. The molecular formula is C22H30N2O2. The van der Waals surface area contributed by atoms with Gasteiger partial charge in [0.15, 0.2) is 6.10 Å². The summed E-state index contributed by atoms with van der Waals surface area (Å²) in [6, 6.07) is 11.9. The van der Waals surface area contributed by atoms with Crippen LogP contribution in [0.25, 0.3) is 0 Å². The molecule has 1 aromatic carbocycles. The van der Waals surface area contributed by atoms with Gasteiger partial charge in [0.05, 0.1) is 0 Å². The molecule has 0 spiro atoms. The van der Waals surface area contributed by atoms with Gasteiger partial charge in [-0.25, -0.2) is 0 Å². The lowest BCUT2D eigenvalue weighted by molar-refractivity contribution is -0.127. The van der Waals surface area contributed by atoms with Gasteiger partial charge in [-0.15, -0.1) is 0 Å². The highest BCUT2D eigenvalue weighted by molar-refractivity contribution is 5.80. The number of benzene rings is 1. The summed E-state index contributed by atoms with van der Waals surface area (Å²) in [4.78, 5) is 16.7. The fourth-order valence-electron chi connectivity index (χ4n) is 2.89. The third-order valence-corrected chi connectivity index (χ3v) is 4.62. The van der Waals surface area contributed by atoms with Gasteiger partial charge >= 0.3 is 0 Å². The molecule has 0 fully saturated rings. The minimum atomic E-state index is -0.542. The van der Waals surface area contributed by atoms with Crippen LogP contribution in [0.1, 0.15) is 57.6 Å². The van der Waals surface area contributed by atoms with Crippen molar-refractivity contribution in [2.24, 2.45) is 5.92 Å². The lowest BCUT2D eigenvalue weighted by Gasteiger charge is -2.23. The predicted octanol–water partition coefficient (Wildman–Crippen LogP) is 4.53. The Balaban J connectivity index is 1.95. The second-order valence-corrected chi connectivity index (χ2v) is 7.37. The zero-order valence-corrected chi connectivity index (χ0v) is 16.4. The normalized spacial score (nSPS) is 13.5. The number of ether oxygens (including phenoxy) is 1. The average molecular weight is 354 g/mol. The smallest absolute Gasteiger partial charge is 0.260 e. The molecule has 1 aromatic heterocycles. The lowest BCUT2D eigenvalue weighted by atomic mass is 9.89. The molecule has 2 aromatic rings. The first kappa shape index (κ1) is 20.0. The minimum Gasteiger partial charge on any atom is -0.481 e. The van der Waals surface area contributed by atoms with Crippen molar-refractivity contribution < 1.29 is 9.53 Å². The molecule has 0 radical (unpaired) electrons. The average Bonchev–Trinajstić information content (AvgIpc) is 2.62. The summed E-state index contributed by atoms with van der Waals surface area (Å²) in [7, 11) is 0. The first-order valence-electron chi connectivity index (χ1n) is 9.32. The minimum absolute atomic E-state index is 0.102. The molecule has 0 aliphatic rings. The molecule has 0 aliphatic heterocycles. The number of aromatic nitrogens is 1. The van der Waals surface area contributed by atoms with E-state index in [2.05, 4.69) is 50.1 Å². The van der Waals surface area contributed by atoms with Crippen molar-refractivity contribution in [3.8, 4) is 5.75 Å². The van der Waals surface area contributed by atoms with Gasteiger partial charge in [0, 0.05) is 24.9 Å². The number of pyridine rings is 1. The van der Waals surface area contributed by atoms with Gasteiger partial charge < -0.3 is 10.1 Å². The maximum absolute atomic E-state index is 12.5. The molecular weight excluding hydrogens is 324 g/mol. The monoisotopic (exact) mass is 354 g/mol. The standard InChI is InChI=1S/C22H30N2O2/c1-15(2)18-8-6-10-20(12-18)26-17(5)22(25)24-14-21(16(3)4)19-9-7-11-23-13-19/h6-13,15-17,21H,14H2,1-5H3,(H,24,25)/t17-,21+/m1/s1. The fourth-order valence-corrected chi connectivity index (χ4v) is 2.89. The molecule has 0 saturated heterocycles. The van der Waals surface area contributed by atoms with E-state index in [9.17, 15) is 4.79 Å². The Morgan fingerprint density at radius 2 is 1.81 bits per heavy atom. The summed E-state index contributed by atoms with van der Waals surface area (Å²) in [5.41, 5.74) is 2.34. The third-order valence-electron chi connectivity index (χ3n) is 4.62. The third kappa shape index (κ3) is 5.58. The van der Waals surface area contributed by atoms with E-state index in [0.717, 1.165) is 11.3 Å². The van der Waals surface area contributed by atoms with Crippen LogP contribution in [0.2, 0.25) is 0 Å². The van der Waals surface area contributed by atoms with Crippen LogP contribution in [-0.2, 0) is 4.79 Å². The van der Waals surface area contributed by atoms with E-state index in [-0.39, 0.29) is 11.8 Å². The van der Waals surface area contributed by atoms with E-state index in [0.29, 0.717) is 18.4 Å². The number of carbonyl (C=O) groups is 1. The van der Waals surface area contributed by atoms with Crippen molar-refractivity contribution in [3.63, 3.8) is 0 Å². The number of nitrogens with one attached hydrogen (secondary N) is 1. The van der Waals surface area contributed by atoms with Crippen LogP contribution in [0.15, 0.2) is 48.8 Å². The molecule has 0 aliphatic carbocycles. The first-order valence-corrected chi connectivity index (χ1v) is 9.32. The van der Waals surface area contributed by atoms with Gasteiger partial charge in [0.25, 0.3) is 5.91 Å². The summed E-state index contributed by atoms with van der Waals surface area (Å²) in [6.07, 6.45) is 3.09. The summed E-state index contributed by atoms with van der Waals surface area (Å²) in [6.45, 7) is 10.9. The summed E-state index contributed by atoms with van der Waals surface area (Å²) in [5.74, 6) is 1.68. The van der Waals surface area contributed by atoms with Crippen LogP contribution in [0, 0.1) is 5.92 Å². The van der Waals surface area contributed by atoms with E-state index < -0.39 is 6.10 Å². The Kier molecular flexibility index (Phi) is 7.19. The number of rotatable bonds is 8. The van der Waals surface area contributed by atoms with Gasteiger partial charge in [-0.3, -0.25) is 9.78 Å². The van der Waals surface area contributed by atoms with Gasteiger partial charge in [0.1, 0.15) is 5.75 Å². The van der Waals surface area contributed by atoms with E-state index in [4.69, 9.17) is 4.74 Å². The van der Waals surface area contributed by atoms with E-state index in [1.165, 1.54) is 5.56 Å². The van der Waals surface area contributed by atoms with Crippen molar-refractivity contribution in [2.45, 2.75) is 52.6 Å². The number of hydrogen-bond acceptors (Lipinski definition) is 3. The Hall–Kier alpha value is -2.36. The van der Waals surface area contributed by atoms with Gasteiger partial charge in [-0.1, -0.05) is 45.9 Å².